The lowest BCUT2D eigenvalue weighted by Crippen LogP contribution is -2.56. The SMILES string of the molecule is CCCCN1C(=O)C(=C/C=C/C=C2/Sc3ccccc3N2CCCS(=O)(=O)O)C(=O)N(CCCC)C1=O. The van der Waals surface area contributed by atoms with Crippen molar-refractivity contribution in [1.82, 2.24) is 9.80 Å². The molecule has 0 aliphatic carbocycles. The molecule has 4 amide bonds. The normalized spacial score (nSPS) is 17.5. The first-order valence-electron chi connectivity index (χ1n) is 12.4. The average molecular weight is 548 g/mol. The molecule has 0 unspecified atom stereocenters. The number of carbonyl (C=O) groups excluding carboxylic acids is 3. The highest BCUT2D eigenvalue weighted by Crippen LogP contribution is 2.45. The molecule has 1 saturated heterocycles. The van der Waals surface area contributed by atoms with Crippen molar-refractivity contribution in [3.63, 3.8) is 0 Å². The van der Waals surface area contributed by atoms with Crippen LogP contribution in [0.25, 0.3) is 0 Å². The number of benzene rings is 1. The van der Waals surface area contributed by atoms with Crippen LogP contribution in [0.3, 0.4) is 0 Å². The van der Waals surface area contributed by atoms with Crippen LogP contribution in [0.5, 0.6) is 0 Å². The smallest absolute Gasteiger partial charge is 0.333 e. The van der Waals surface area contributed by atoms with Gasteiger partial charge in [0.1, 0.15) is 5.57 Å². The van der Waals surface area contributed by atoms with E-state index < -0.39 is 28.0 Å². The van der Waals surface area contributed by atoms with Crippen molar-refractivity contribution in [2.24, 2.45) is 0 Å². The number of urea groups is 1. The highest BCUT2D eigenvalue weighted by molar-refractivity contribution is 8.03. The van der Waals surface area contributed by atoms with Gasteiger partial charge in [0.25, 0.3) is 21.9 Å². The maximum absolute atomic E-state index is 13.0. The molecule has 1 N–H and O–H groups in total. The summed E-state index contributed by atoms with van der Waals surface area (Å²) in [6.07, 6.45) is 9.77. The fraction of sp³-hybridized carbons (Fsp3) is 0.423. The number of thioether (sulfide) groups is 1. The van der Waals surface area contributed by atoms with Gasteiger partial charge in [-0.2, -0.15) is 8.42 Å². The zero-order valence-electron chi connectivity index (χ0n) is 21.1. The van der Waals surface area contributed by atoms with E-state index in [4.69, 9.17) is 4.55 Å². The monoisotopic (exact) mass is 547 g/mol. The number of rotatable bonds is 12. The Hall–Kier alpha value is -2.89. The van der Waals surface area contributed by atoms with Crippen molar-refractivity contribution in [2.45, 2.75) is 50.8 Å². The van der Waals surface area contributed by atoms with Gasteiger partial charge in [-0.3, -0.25) is 23.9 Å². The molecule has 0 bridgehead atoms. The van der Waals surface area contributed by atoms with Gasteiger partial charge in [-0.1, -0.05) is 62.7 Å². The first-order valence-corrected chi connectivity index (χ1v) is 14.9. The van der Waals surface area contributed by atoms with Crippen LogP contribution >= 0.6 is 11.8 Å². The van der Waals surface area contributed by atoms with E-state index >= 15 is 0 Å². The van der Waals surface area contributed by atoms with Crippen LogP contribution in [-0.4, -0.2) is 66.0 Å². The number of hydrogen-bond acceptors (Lipinski definition) is 7. The van der Waals surface area contributed by atoms with Gasteiger partial charge in [0, 0.05) is 24.5 Å². The third-order valence-electron chi connectivity index (χ3n) is 5.92. The number of fused-ring (bicyclic) bond motifs is 1. The van der Waals surface area contributed by atoms with Gasteiger partial charge in [-0.25, -0.2) is 4.79 Å². The molecule has 2 aliphatic heterocycles. The molecule has 37 heavy (non-hydrogen) atoms. The topological polar surface area (TPSA) is 115 Å². The zero-order valence-corrected chi connectivity index (χ0v) is 22.8. The number of imide groups is 2. The summed E-state index contributed by atoms with van der Waals surface area (Å²) < 4.78 is 31.4. The fourth-order valence-corrected chi connectivity index (χ4v) is 5.57. The number of nitrogens with zero attached hydrogens (tertiary/aromatic N) is 3. The third kappa shape index (κ3) is 7.33. The van der Waals surface area contributed by atoms with Gasteiger partial charge in [-0.15, -0.1) is 0 Å². The summed E-state index contributed by atoms with van der Waals surface area (Å²) in [7, 11) is -4.05. The molecule has 11 heteroatoms. The first kappa shape index (κ1) is 28.7. The number of unbranched alkanes of at least 4 members (excludes halogenated alkanes) is 2. The Morgan fingerprint density at radius 1 is 0.838 bits per heavy atom. The molecule has 0 spiro atoms. The molecule has 3 rings (SSSR count). The minimum absolute atomic E-state index is 0.0474. The third-order valence-corrected chi connectivity index (χ3v) is 7.85. The van der Waals surface area contributed by atoms with Gasteiger partial charge in [0.05, 0.1) is 16.5 Å². The maximum atomic E-state index is 13.0. The molecule has 0 atom stereocenters. The van der Waals surface area contributed by atoms with E-state index in [2.05, 4.69) is 0 Å². The van der Waals surface area contributed by atoms with Crippen LogP contribution in [-0.2, 0) is 19.7 Å². The molecular formula is C26H33N3O6S2. The largest absolute Gasteiger partial charge is 0.335 e. The number of para-hydroxylation sites is 1. The molecule has 1 fully saturated rings. The summed E-state index contributed by atoms with van der Waals surface area (Å²) in [5.41, 5.74) is 0.893. The number of hydrogen-bond donors (Lipinski definition) is 1. The highest BCUT2D eigenvalue weighted by Gasteiger charge is 2.40. The molecule has 1 aromatic rings. The fourth-order valence-electron chi connectivity index (χ4n) is 3.97. The lowest BCUT2D eigenvalue weighted by molar-refractivity contribution is -0.136. The van der Waals surface area contributed by atoms with Gasteiger partial charge in [0.15, 0.2) is 0 Å². The number of anilines is 1. The van der Waals surface area contributed by atoms with Crippen molar-refractivity contribution in [1.29, 1.82) is 0 Å². The molecule has 0 aromatic heterocycles. The summed E-state index contributed by atoms with van der Waals surface area (Å²) in [5.74, 6) is -1.50. The van der Waals surface area contributed by atoms with E-state index in [0.717, 1.165) is 38.3 Å². The molecule has 200 valence electrons. The van der Waals surface area contributed by atoms with E-state index in [9.17, 15) is 22.8 Å². The second-order valence-corrected chi connectivity index (χ2v) is 11.4. The number of carbonyl (C=O) groups is 3. The van der Waals surface area contributed by atoms with E-state index in [1.54, 1.807) is 12.2 Å². The van der Waals surface area contributed by atoms with Crippen molar-refractivity contribution < 1.29 is 27.4 Å². The van der Waals surface area contributed by atoms with Gasteiger partial charge < -0.3 is 4.90 Å². The van der Waals surface area contributed by atoms with Crippen molar-refractivity contribution in [3.8, 4) is 0 Å². The van der Waals surface area contributed by atoms with Crippen LogP contribution < -0.4 is 4.90 Å². The van der Waals surface area contributed by atoms with Crippen molar-refractivity contribution in [3.05, 3.63) is 59.2 Å². The van der Waals surface area contributed by atoms with Gasteiger partial charge >= 0.3 is 6.03 Å². The molecule has 0 saturated carbocycles. The molecular weight excluding hydrogens is 514 g/mol. The van der Waals surface area contributed by atoms with Crippen LogP contribution in [0.1, 0.15) is 46.0 Å². The quantitative estimate of drug-likeness (QED) is 0.230. The average Bonchev–Trinajstić information content (AvgIpc) is 3.20. The van der Waals surface area contributed by atoms with Crippen LogP contribution in [0, 0.1) is 0 Å². The zero-order chi connectivity index (χ0) is 27.0. The summed E-state index contributed by atoms with van der Waals surface area (Å²) >= 11 is 1.52. The van der Waals surface area contributed by atoms with Gasteiger partial charge in [0.2, 0.25) is 0 Å². The summed E-state index contributed by atoms with van der Waals surface area (Å²) in [6, 6.07) is 7.17. The Kier molecular flexibility index (Phi) is 10.1. The Balaban J connectivity index is 1.81. The van der Waals surface area contributed by atoms with Gasteiger partial charge in [-0.05, 0) is 43.5 Å². The molecule has 0 radical (unpaired) electrons. The Morgan fingerprint density at radius 2 is 1.41 bits per heavy atom. The number of amides is 4. The Bertz CT molecular complexity index is 1190. The minimum Gasteiger partial charge on any atom is -0.335 e. The van der Waals surface area contributed by atoms with Crippen molar-refractivity contribution in [2.75, 3.05) is 30.3 Å². The first-order chi connectivity index (χ1) is 17.7. The molecule has 1 aromatic carbocycles. The van der Waals surface area contributed by atoms with E-state index in [1.807, 2.05) is 49.1 Å². The Labute approximate surface area is 222 Å². The summed E-state index contributed by atoms with van der Waals surface area (Å²) in [6.45, 7) is 4.86. The lowest BCUT2D eigenvalue weighted by Gasteiger charge is -2.33. The summed E-state index contributed by atoms with van der Waals surface area (Å²) in [5, 5.41) is 0.844. The maximum Gasteiger partial charge on any atom is 0.333 e. The van der Waals surface area contributed by atoms with E-state index in [1.165, 1.54) is 17.8 Å². The van der Waals surface area contributed by atoms with Crippen LogP contribution in [0.2, 0.25) is 0 Å². The predicted molar refractivity (Wildman–Crippen MR) is 145 cm³/mol. The number of allylic oxidation sites excluding steroid dienone is 4. The number of barbiturate groups is 1. The molecule has 2 aliphatic rings. The Morgan fingerprint density at radius 3 is 2.00 bits per heavy atom. The second-order valence-electron chi connectivity index (χ2n) is 8.73. The minimum atomic E-state index is -4.05. The van der Waals surface area contributed by atoms with E-state index in [-0.39, 0.29) is 30.8 Å². The summed E-state index contributed by atoms with van der Waals surface area (Å²) in [4.78, 5) is 44.0. The van der Waals surface area contributed by atoms with Crippen LogP contribution in [0.4, 0.5) is 10.5 Å². The van der Waals surface area contributed by atoms with E-state index in [0.29, 0.717) is 19.4 Å². The van der Waals surface area contributed by atoms with Crippen LogP contribution in [0.15, 0.2) is 64.1 Å². The lowest BCUT2D eigenvalue weighted by atomic mass is 10.1. The second kappa shape index (κ2) is 13.1. The predicted octanol–water partition coefficient (Wildman–Crippen LogP) is 4.59. The van der Waals surface area contributed by atoms with Crippen molar-refractivity contribution >= 4 is 45.4 Å². The highest BCUT2D eigenvalue weighted by atomic mass is 32.2. The molecule has 2 heterocycles. The standard InChI is InChI=1S/C26H33N3O6S2/c1-3-5-16-28-24(30)20(25(31)29(26(28)32)17-6-4-2)12-7-10-15-23-27(18-11-19-37(33,34)35)21-13-8-9-14-22(21)36-23/h7-10,12-15H,3-6,11,16-19H2,1-2H3,(H,33,34,35)/b10-7+,23-15+. The molecule has 9 nitrogen and oxygen atoms in total.